The molecule has 3 rings (SSSR count). The maximum atomic E-state index is 13.5. The molecule has 8 heteroatoms. The second-order valence-electron chi connectivity index (χ2n) is 8.22. The molecule has 168 valence electrons. The number of aryl methyl sites for hydroxylation is 2. The second kappa shape index (κ2) is 8.96. The maximum absolute atomic E-state index is 13.5. The van der Waals surface area contributed by atoms with E-state index in [4.69, 9.17) is 4.74 Å². The number of ketones is 1. The average Bonchev–Trinajstić information content (AvgIpc) is 3.49. The molecule has 1 aromatic carbocycles. The van der Waals surface area contributed by atoms with Gasteiger partial charge < -0.3 is 9.72 Å². The number of carbonyl (C=O) groups excluding carboxylic acids is 2. The molecule has 0 spiro atoms. The van der Waals surface area contributed by atoms with Crippen LogP contribution in [0.5, 0.6) is 0 Å². The lowest BCUT2D eigenvalue weighted by atomic mass is 10.0. The normalized spacial score (nSPS) is 15.2. The number of rotatable bonds is 9. The summed E-state index contributed by atoms with van der Waals surface area (Å²) >= 11 is 0. The van der Waals surface area contributed by atoms with E-state index in [1.807, 2.05) is 6.92 Å². The summed E-state index contributed by atoms with van der Waals surface area (Å²) in [6.45, 7) is 9.12. The maximum Gasteiger partial charge on any atom is 0.355 e. The van der Waals surface area contributed by atoms with E-state index in [0.29, 0.717) is 23.4 Å². The van der Waals surface area contributed by atoms with Crippen molar-refractivity contribution in [2.24, 2.45) is 5.92 Å². The molecule has 0 saturated heterocycles. The fraction of sp³-hybridized carbons (Fsp3) is 0.478. The smallest absolute Gasteiger partial charge is 0.355 e. The molecule has 1 aliphatic carbocycles. The predicted octanol–water partition coefficient (Wildman–Crippen LogP) is 3.79. The predicted molar refractivity (Wildman–Crippen MR) is 118 cm³/mol. The van der Waals surface area contributed by atoms with Gasteiger partial charge in [-0.05, 0) is 71.1 Å². The van der Waals surface area contributed by atoms with Crippen LogP contribution in [0.25, 0.3) is 0 Å². The van der Waals surface area contributed by atoms with Crippen LogP contribution < -0.4 is 0 Å². The molecule has 1 aliphatic rings. The third kappa shape index (κ3) is 4.75. The van der Waals surface area contributed by atoms with E-state index in [0.717, 1.165) is 18.4 Å². The topological polar surface area (TPSA) is 96.5 Å². The van der Waals surface area contributed by atoms with Gasteiger partial charge in [-0.15, -0.1) is 0 Å². The number of hydrogen-bond donors (Lipinski definition) is 1. The van der Waals surface area contributed by atoms with Crippen LogP contribution in [0.2, 0.25) is 0 Å². The summed E-state index contributed by atoms with van der Waals surface area (Å²) < 4.78 is 33.3. The van der Waals surface area contributed by atoms with Crippen molar-refractivity contribution in [2.45, 2.75) is 58.4 Å². The Kier molecular flexibility index (Phi) is 6.71. The number of esters is 1. The van der Waals surface area contributed by atoms with Gasteiger partial charge in [0, 0.05) is 17.8 Å². The number of carbonyl (C=O) groups is 2. The van der Waals surface area contributed by atoms with Gasteiger partial charge in [-0.25, -0.2) is 13.2 Å². The minimum absolute atomic E-state index is 0.174. The van der Waals surface area contributed by atoms with E-state index in [1.54, 1.807) is 52.0 Å². The zero-order chi connectivity index (χ0) is 22.9. The summed E-state index contributed by atoms with van der Waals surface area (Å²) in [6, 6.07) is 5.75. The minimum Gasteiger partial charge on any atom is -0.461 e. The van der Waals surface area contributed by atoms with Crippen molar-refractivity contribution in [1.29, 1.82) is 0 Å². The Hall–Kier alpha value is -2.45. The number of benzene rings is 1. The van der Waals surface area contributed by atoms with E-state index in [-0.39, 0.29) is 28.9 Å². The molecule has 1 heterocycles. The number of sulfonamides is 1. The molecular formula is C23H30N2O5S. The Morgan fingerprint density at radius 1 is 1.16 bits per heavy atom. The van der Waals surface area contributed by atoms with Gasteiger partial charge >= 0.3 is 5.97 Å². The Morgan fingerprint density at radius 2 is 1.77 bits per heavy atom. The van der Waals surface area contributed by atoms with Crippen LogP contribution in [-0.2, 0) is 14.8 Å². The molecule has 0 aliphatic heterocycles. The number of hydrogen-bond acceptors (Lipinski definition) is 5. The minimum atomic E-state index is -3.86. The third-order valence-electron chi connectivity index (χ3n) is 5.74. The lowest BCUT2D eigenvalue weighted by Crippen LogP contribution is -2.44. The largest absolute Gasteiger partial charge is 0.461 e. The molecule has 1 fully saturated rings. The highest BCUT2D eigenvalue weighted by Gasteiger charge is 2.39. The van der Waals surface area contributed by atoms with Crippen molar-refractivity contribution in [3.63, 3.8) is 0 Å². The van der Waals surface area contributed by atoms with E-state index >= 15 is 0 Å². The van der Waals surface area contributed by atoms with Crippen molar-refractivity contribution in [3.8, 4) is 0 Å². The number of aromatic amines is 1. The summed E-state index contributed by atoms with van der Waals surface area (Å²) in [5, 5.41) is 0. The molecule has 1 saturated carbocycles. The first kappa shape index (κ1) is 23.2. The van der Waals surface area contributed by atoms with Gasteiger partial charge in [-0.3, -0.25) is 4.79 Å². The monoisotopic (exact) mass is 446 g/mol. The average molecular weight is 447 g/mol. The molecule has 2 aromatic rings. The number of Topliss-reactive ketones (excluding diaryl/α,β-unsaturated/α-hetero) is 1. The van der Waals surface area contributed by atoms with Crippen molar-refractivity contribution in [2.75, 3.05) is 13.2 Å². The van der Waals surface area contributed by atoms with Gasteiger partial charge in [-0.2, -0.15) is 4.31 Å². The summed E-state index contributed by atoms with van der Waals surface area (Å²) in [5.74, 6) is -0.603. The first-order valence-corrected chi connectivity index (χ1v) is 12.0. The van der Waals surface area contributed by atoms with Gasteiger partial charge in [0.05, 0.1) is 17.5 Å². The molecule has 1 aromatic heterocycles. The summed E-state index contributed by atoms with van der Waals surface area (Å²) in [7, 11) is -3.86. The zero-order valence-electron chi connectivity index (χ0n) is 18.7. The molecule has 1 N–H and O–H groups in total. The molecule has 0 radical (unpaired) electrons. The van der Waals surface area contributed by atoms with Gasteiger partial charge in [0.1, 0.15) is 5.69 Å². The molecule has 0 bridgehead atoms. The van der Waals surface area contributed by atoms with Crippen LogP contribution in [0.3, 0.4) is 0 Å². The first-order chi connectivity index (χ1) is 14.6. The number of aromatic nitrogens is 1. The number of nitrogens with one attached hydrogen (secondary N) is 1. The lowest BCUT2D eigenvalue weighted by molar-refractivity contribution is 0.0519. The highest BCUT2D eigenvalue weighted by Crippen LogP contribution is 2.33. The van der Waals surface area contributed by atoms with Crippen molar-refractivity contribution in [1.82, 2.24) is 9.29 Å². The number of nitrogens with zero attached hydrogens (tertiary/aromatic N) is 1. The lowest BCUT2D eigenvalue weighted by Gasteiger charge is -2.28. The molecule has 7 nitrogen and oxygen atoms in total. The van der Waals surface area contributed by atoms with Crippen molar-refractivity contribution in [3.05, 3.63) is 52.3 Å². The third-order valence-corrected chi connectivity index (χ3v) is 7.69. The first-order valence-electron chi connectivity index (χ1n) is 10.6. The zero-order valence-corrected chi connectivity index (χ0v) is 19.5. The van der Waals surface area contributed by atoms with Crippen LogP contribution in [0.15, 0.2) is 29.2 Å². The highest BCUT2D eigenvalue weighted by molar-refractivity contribution is 7.89. The standard InChI is InChI=1S/C23H30N2O5S/c1-6-30-23(27)21-15(3)20(16(4)24-21)22(26)17(5)25(13-18-9-10-18)31(28,29)19-11-7-14(2)8-12-19/h7-8,11-12,17-18,24H,6,9-10,13H2,1-5H3. The van der Waals surface area contributed by atoms with Gasteiger partial charge in [0.15, 0.2) is 5.78 Å². The van der Waals surface area contributed by atoms with E-state index in [9.17, 15) is 18.0 Å². The van der Waals surface area contributed by atoms with Crippen LogP contribution in [0, 0.1) is 26.7 Å². The van der Waals surface area contributed by atoms with E-state index < -0.39 is 22.0 Å². The van der Waals surface area contributed by atoms with Crippen molar-refractivity contribution < 1.29 is 22.7 Å². The molecular weight excluding hydrogens is 416 g/mol. The molecule has 1 atom stereocenters. The van der Waals surface area contributed by atoms with Crippen LogP contribution in [0.1, 0.15) is 64.4 Å². The Morgan fingerprint density at radius 3 is 2.32 bits per heavy atom. The van der Waals surface area contributed by atoms with Gasteiger partial charge in [0.25, 0.3) is 0 Å². The molecule has 31 heavy (non-hydrogen) atoms. The van der Waals surface area contributed by atoms with E-state index in [2.05, 4.69) is 4.98 Å². The number of ether oxygens (including phenoxy) is 1. The Bertz CT molecular complexity index is 1080. The summed E-state index contributed by atoms with van der Waals surface area (Å²) in [4.78, 5) is 28.8. The van der Waals surface area contributed by atoms with Crippen LogP contribution in [0.4, 0.5) is 0 Å². The molecule has 0 amide bonds. The van der Waals surface area contributed by atoms with Crippen LogP contribution >= 0.6 is 0 Å². The van der Waals surface area contributed by atoms with Crippen molar-refractivity contribution >= 4 is 21.8 Å². The quantitative estimate of drug-likeness (QED) is 0.467. The van der Waals surface area contributed by atoms with Gasteiger partial charge in [-0.1, -0.05) is 17.7 Å². The number of H-pyrrole nitrogens is 1. The fourth-order valence-electron chi connectivity index (χ4n) is 3.73. The van der Waals surface area contributed by atoms with E-state index in [1.165, 1.54) is 4.31 Å². The second-order valence-corrected chi connectivity index (χ2v) is 10.1. The Balaban J connectivity index is 1.97. The molecule has 1 unspecified atom stereocenters. The fourth-order valence-corrected chi connectivity index (χ4v) is 5.40. The summed E-state index contributed by atoms with van der Waals surface area (Å²) in [5.41, 5.74) is 2.53. The van der Waals surface area contributed by atoms with Gasteiger partial charge in [0.2, 0.25) is 10.0 Å². The summed E-state index contributed by atoms with van der Waals surface area (Å²) in [6.07, 6.45) is 1.91. The Labute approximate surface area is 183 Å². The van der Waals surface area contributed by atoms with Crippen LogP contribution in [-0.4, -0.2) is 48.7 Å². The highest BCUT2D eigenvalue weighted by atomic mass is 32.2. The SMILES string of the molecule is CCOC(=O)c1[nH]c(C)c(C(=O)C(C)N(CC2CC2)S(=O)(=O)c2ccc(C)cc2)c1C.